The largest absolute Gasteiger partial charge is 0.309 e. The van der Waals surface area contributed by atoms with Crippen molar-refractivity contribution in [1.82, 2.24) is 24.5 Å². The highest BCUT2D eigenvalue weighted by atomic mass is 15.0. The van der Waals surface area contributed by atoms with Gasteiger partial charge in [0.1, 0.15) is 0 Å². The predicted octanol–water partition coefficient (Wildman–Crippen LogP) is 15.0. The number of fused-ring (bicyclic) bond motifs is 3. The van der Waals surface area contributed by atoms with Crippen molar-refractivity contribution in [1.29, 1.82) is 0 Å². The highest BCUT2D eigenvalue weighted by molar-refractivity contribution is 6.10. The molecular formula is C58H49N5. The van der Waals surface area contributed by atoms with Crippen LogP contribution in [0.3, 0.4) is 0 Å². The van der Waals surface area contributed by atoms with E-state index in [-0.39, 0.29) is 10.8 Å². The number of hydrogen-bond donors (Lipinski definition) is 0. The van der Waals surface area contributed by atoms with Gasteiger partial charge in [-0.05, 0) is 76.6 Å². The molecule has 0 aliphatic carbocycles. The van der Waals surface area contributed by atoms with Gasteiger partial charge in [-0.25, -0.2) is 19.9 Å². The van der Waals surface area contributed by atoms with Crippen LogP contribution in [0.5, 0.6) is 0 Å². The lowest BCUT2D eigenvalue weighted by Crippen LogP contribution is -2.10. The first-order valence-electron chi connectivity index (χ1n) is 21.7. The Morgan fingerprint density at radius 1 is 0.333 bits per heavy atom. The molecule has 0 radical (unpaired) electrons. The molecule has 0 saturated heterocycles. The average Bonchev–Trinajstić information content (AvgIpc) is 3.64. The van der Waals surface area contributed by atoms with Crippen LogP contribution in [0.15, 0.2) is 188 Å². The Morgan fingerprint density at radius 2 is 0.698 bits per heavy atom. The molecule has 3 aromatic heterocycles. The summed E-state index contributed by atoms with van der Waals surface area (Å²) in [6.07, 6.45) is 0. The number of hydrogen-bond acceptors (Lipinski definition) is 4. The van der Waals surface area contributed by atoms with Crippen molar-refractivity contribution in [2.24, 2.45) is 0 Å². The van der Waals surface area contributed by atoms with Crippen molar-refractivity contribution >= 4 is 21.8 Å². The topological polar surface area (TPSA) is 56.5 Å². The molecule has 3 heterocycles. The highest BCUT2D eigenvalue weighted by Gasteiger charge is 2.24. The van der Waals surface area contributed by atoms with Crippen LogP contribution in [0, 0.1) is 0 Å². The Kier molecular flexibility index (Phi) is 9.91. The molecule has 63 heavy (non-hydrogen) atoms. The summed E-state index contributed by atoms with van der Waals surface area (Å²) in [6, 6.07) is 66.1. The smallest absolute Gasteiger partial charge is 0.162 e. The summed E-state index contributed by atoms with van der Waals surface area (Å²) < 4.78 is 2.40. The minimum Gasteiger partial charge on any atom is -0.309 e. The molecule has 5 heteroatoms. The molecule has 10 aromatic rings. The molecule has 0 saturated carbocycles. The lowest BCUT2D eigenvalue weighted by atomic mass is 9.85. The maximum atomic E-state index is 5.42. The van der Waals surface area contributed by atoms with Crippen LogP contribution in [0.25, 0.3) is 95.3 Å². The zero-order chi connectivity index (χ0) is 43.3. The number of rotatable bonds is 7. The summed E-state index contributed by atoms with van der Waals surface area (Å²) in [6.45, 7) is 13.7. The molecule has 0 aliphatic rings. The van der Waals surface area contributed by atoms with Crippen LogP contribution in [-0.2, 0) is 10.8 Å². The molecule has 0 bridgehead atoms. The van der Waals surface area contributed by atoms with Crippen molar-refractivity contribution in [2.45, 2.75) is 52.4 Å². The van der Waals surface area contributed by atoms with Crippen molar-refractivity contribution < 1.29 is 0 Å². The van der Waals surface area contributed by atoms with Gasteiger partial charge in [-0.1, -0.05) is 175 Å². The van der Waals surface area contributed by atoms with Crippen molar-refractivity contribution in [2.75, 3.05) is 0 Å². The molecule has 0 amide bonds. The van der Waals surface area contributed by atoms with Gasteiger partial charge in [0, 0.05) is 44.2 Å². The van der Waals surface area contributed by atoms with Gasteiger partial charge in [0.15, 0.2) is 11.6 Å². The Bertz CT molecular complexity index is 3080. The SMILES string of the molecule is CC(C)(C)c1ccc2c(c1)c1cc(C(C)(C)C)ccc1n2-c1ccc(-c2nc(-c3ccccc3)cc(-c3ccccc3)n2)cc1-c1nc(-c2ccccc2)cc(-c2ccccc2)n1. The monoisotopic (exact) mass is 815 g/mol. The van der Waals surface area contributed by atoms with Gasteiger partial charge in [-0.2, -0.15) is 0 Å². The number of nitrogens with zero attached hydrogens (tertiary/aromatic N) is 5. The molecular weight excluding hydrogens is 767 g/mol. The Hall–Kier alpha value is -7.50. The minimum absolute atomic E-state index is 0.0243. The summed E-state index contributed by atoms with van der Waals surface area (Å²) in [7, 11) is 0. The molecule has 0 fully saturated rings. The quantitative estimate of drug-likeness (QED) is 0.161. The van der Waals surface area contributed by atoms with E-state index in [0.717, 1.165) is 72.9 Å². The first-order valence-corrected chi connectivity index (χ1v) is 21.7. The van der Waals surface area contributed by atoms with Gasteiger partial charge >= 0.3 is 0 Å². The van der Waals surface area contributed by atoms with Gasteiger partial charge < -0.3 is 4.57 Å². The van der Waals surface area contributed by atoms with E-state index in [1.807, 2.05) is 48.5 Å². The summed E-state index contributed by atoms with van der Waals surface area (Å²) in [5.41, 5.74) is 15.0. The molecule has 0 spiro atoms. The third-order valence-electron chi connectivity index (χ3n) is 12.0. The molecule has 10 rings (SSSR count). The van der Waals surface area contributed by atoms with Crippen LogP contribution in [-0.4, -0.2) is 24.5 Å². The highest BCUT2D eigenvalue weighted by Crippen LogP contribution is 2.41. The van der Waals surface area contributed by atoms with Gasteiger partial charge in [0.05, 0.1) is 39.5 Å². The maximum Gasteiger partial charge on any atom is 0.162 e. The second-order valence-electron chi connectivity index (χ2n) is 18.4. The third kappa shape index (κ3) is 7.72. The molecule has 7 aromatic carbocycles. The summed E-state index contributed by atoms with van der Waals surface area (Å²) in [5.74, 6) is 1.24. The van der Waals surface area contributed by atoms with E-state index in [9.17, 15) is 0 Å². The standard InChI is InChI=1S/C58H49N5/c1-57(2,3)43-28-31-52-45(34-43)46-35-44(58(4,5)6)29-32-53(46)63(52)54-30-27-42(55-59-48(38-19-11-7-12-20-38)36-49(60-55)39-21-13-8-14-22-39)33-47(54)56-61-50(40-23-15-9-16-24-40)37-51(62-56)41-25-17-10-18-26-41/h7-37H,1-6H3. The second-order valence-corrected chi connectivity index (χ2v) is 18.4. The van der Waals surface area contributed by atoms with Crippen LogP contribution in [0.1, 0.15) is 52.7 Å². The van der Waals surface area contributed by atoms with Gasteiger partial charge in [-0.3, -0.25) is 0 Å². The molecule has 306 valence electrons. The lowest BCUT2D eigenvalue weighted by molar-refractivity contribution is 0.590. The first kappa shape index (κ1) is 39.6. The molecule has 0 atom stereocenters. The zero-order valence-corrected chi connectivity index (χ0v) is 36.6. The van der Waals surface area contributed by atoms with E-state index in [0.29, 0.717) is 11.6 Å². The van der Waals surface area contributed by atoms with Crippen molar-refractivity contribution in [3.8, 4) is 73.5 Å². The average molecular weight is 816 g/mol. The fourth-order valence-corrected chi connectivity index (χ4v) is 8.44. The molecule has 5 nitrogen and oxygen atoms in total. The zero-order valence-electron chi connectivity index (χ0n) is 36.6. The maximum absolute atomic E-state index is 5.42. The fraction of sp³-hybridized carbons (Fsp3) is 0.138. The van der Waals surface area contributed by atoms with E-state index in [2.05, 4.69) is 186 Å². The molecule has 0 aliphatic heterocycles. The fourth-order valence-electron chi connectivity index (χ4n) is 8.44. The summed E-state index contributed by atoms with van der Waals surface area (Å²) >= 11 is 0. The van der Waals surface area contributed by atoms with Crippen LogP contribution >= 0.6 is 0 Å². The number of benzene rings is 7. The first-order chi connectivity index (χ1) is 30.5. The molecule has 0 unspecified atom stereocenters. The van der Waals surface area contributed by atoms with Gasteiger partial charge in [-0.15, -0.1) is 0 Å². The second kappa shape index (κ2) is 15.8. The van der Waals surface area contributed by atoms with E-state index < -0.39 is 0 Å². The Labute approximate surface area is 369 Å². The van der Waals surface area contributed by atoms with Crippen LogP contribution < -0.4 is 0 Å². The molecule has 0 N–H and O–H groups in total. The lowest BCUT2D eigenvalue weighted by Gasteiger charge is -2.19. The van der Waals surface area contributed by atoms with Crippen molar-refractivity contribution in [3.05, 3.63) is 199 Å². The van der Waals surface area contributed by atoms with E-state index >= 15 is 0 Å². The van der Waals surface area contributed by atoms with Crippen LogP contribution in [0.4, 0.5) is 0 Å². The van der Waals surface area contributed by atoms with Gasteiger partial charge in [0.25, 0.3) is 0 Å². The normalized spacial score (nSPS) is 12.0. The third-order valence-corrected chi connectivity index (χ3v) is 12.0. The summed E-state index contributed by atoms with van der Waals surface area (Å²) in [5, 5.41) is 2.43. The summed E-state index contributed by atoms with van der Waals surface area (Å²) in [4.78, 5) is 21.4. The Morgan fingerprint density at radius 3 is 1.06 bits per heavy atom. The minimum atomic E-state index is -0.0243. The van der Waals surface area contributed by atoms with E-state index in [1.165, 1.54) is 21.9 Å². The van der Waals surface area contributed by atoms with Gasteiger partial charge in [0.2, 0.25) is 0 Å². The van der Waals surface area contributed by atoms with E-state index in [4.69, 9.17) is 19.9 Å². The Balaban J connectivity index is 1.29. The van der Waals surface area contributed by atoms with Crippen LogP contribution in [0.2, 0.25) is 0 Å². The predicted molar refractivity (Wildman–Crippen MR) is 262 cm³/mol. The van der Waals surface area contributed by atoms with E-state index in [1.54, 1.807) is 0 Å². The number of aromatic nitrogens is 5. The van der Waals surface area contributed by atoms with Crippen molar-refractivity contribution in [3.63, 3.8) is 0 Å².